The molecule has 1 aromatic rings. The number of aromatic nitrogens is 2. The maximum atomic E-state index is 12.5. The SMILES string of the molecule is CCn1cc(S(=O)(=O)N2CCOC(CBr)C2)nc1C. The standard InChI is InChI=1S/C11H18BrN3O3S/c1-3-14-8-11(13-9(14)2)19(16,17)15-4-5-18-10(6-12)7-15/h8,10H,3-7H2,1-2H3. The Morgan fingerprint density at radius 1 is 1.58 bits per heavy atom. The molecule has 0 amide bonds. The molecule has 0 saturated carbocycles. The molecular weight excluding hydrogens is 334 g/mol. The molecule has 1 saturated heterocycles. The van der Waals surface area contributed by atoms with Gasteiger partial charge < -0.3 is 9.30 Å². The quantitative estimate of drug-likeness (QED) is 0.759. The van der Waals surface area contributed by atoms with Crippen LogP contribution < -0.4 is 0 Å². The molecule has 1 unspecified atom stereocenters. The van der Waals surface area contributed by atoms with Crippen LogP contribution in [-0.4, -0.2) is 53.4 Å². The number of alkyl halides is 1. The zero-order valence-corrected chi connectivity index (χ0v) is 13.4. The van der Waals surface area contributed by atoms with Crippen molar-refractivity contribution in [2.75, 3.05) is 25.0 Å². The van der Waals surface area contributed by atoms with Crippen molar-refractivity contribution >= 4 is 26.0 Å². The average Bonchev–Trinajstić information content (AvgIpc) is 2.80. The number of ether oxygens (including phenoxy) is 1. The van der Waals surface area contributed by atoms with Crippen LogP contribution in [0.25, 0.3) is 0 Å². The number of aryl methyl sites for hydroxylation is 2. The van der Waals surface area contributed by atoms with Crippen molar-refractivity contribution in [1.82, 2.24) is 13.9 Å². The van der Waals surface area contributed by atoms with Gasteiger partial charge in [0.05, 0.1) is 12.7 Å². The lowest BCUT2D eigenvalue weighted by molar-refractivity contribution is 0.0136. The van der Waals surface area contributed by atoms with Gasteiger partial charge in [-0.3, -0.25) is 0 Å². The second-order valence-electron chi connectivity index (χ2n) is 4.42. The van der Waals surface area contributed by atoms with E-state index in [0.717, 1.165) is 0 Å². The predicted molar refractivity (Wildman–Crippen MR) is 74.9 cm³/mol. The molecule has 1 aliphatic rings. The Morgan fingerprint density at radius 2 is 2.32 bits per heavy atom. The van der Waals surface area contributed by atoms with Gasteiger partial charge >= 0.3 is 0 Å². The van der Waals surface area contributed by atoms with E-state index in [1.807, 2.05) is 18.4 Å². The summed E-state index contributed by atoms with van der Waals surface area (Å²) in [6, 6.07) is 0. The first kappa shape index (κ1) is 15.0. The summed E-state index contributed by atoms with van der Waals surface area (Å²) < 4.78 is 33.8. The first-order chi connectivity index (χ1) is 8.98. The molecule has 19 heavy (non-hydrogen) atoms. The van der Waals surface area contributed by atoms with Crippen LogP contribution in [0.5, 0.6) is 0 Å². The Hall–Kier alpha value is -0.440. The topological polar surface area (TPSA) is 64.4 Å². The highest BCUT2D eigenvalue weighted by Crippen LogP contribution is 2.19. The van der Waals surface area contributed by atoms with Gasteiger partial charge in [-0.2, -0.15) is 4.31 Å². The Kier molecular flexibility index (Phi) is 4.65. The van der Waals surface area contributed by atoms with E-state index in [1.165, 1.54) is 4.31 Å². The van der Waals surface area contributed by atoms with Gasteiger partial charge in [-0.15, -0.1) is 0 Å². The first-order valence-electron chi connectivity index (χ1n) is 6.20. The largest absolute Gasteiger partial charge is 0.375 e. The molecule has 2 rings (SSSR count). The fourth-order valence-electron chi connectivity index (χ4n) is 2.06. The summed E-state index contributed by atoms with van der Waals surface area (Å²) in [6.45, 7) is 5.64. The van der Waals surface area contributed by atoms with E-state index in [0.29, 0.717) is 37.4 Å². The monoisotopic (exact) mass is 351 g/mol. The van der Waals surface area contributed by atoms with E-state index < -0.39 is 10.0 Å². The number of hydrogen-bond acceptors (Lipinski definition) is 4. The van der Waals surface area contributed by atoms with E-state index >= 15 is 0 Å². The molecule has 1 atom stereocenters. The highest BCUT2D eigenvalue weighted by Gasteiger charge is 2.32. The number of nitrogens with zero attached hydrogens (tertiary/aromatic N) is 3. The molecule has 0 N–H and O–H groups in total. The van der Waals surface area contributed by atoms with E-state index in [1.54, 1.807) is 6.20 Å². The van der Waals surface area contributed by atoms with Crippen LogP contribution in [0.3, 0.4) is 0 Å². The Morgan fingerprint density at radius 3 is 2.89 bits per heavy atom. The summed E-state index contributed by atoms with van der Waals surface area (Å²) in [4.78, 5) is 4.16. The third-order valence-corrected chi connectivity index (χ3v) is 5.63. The molecule has 8 heteroatoms. The van der Waals surface area contributed by atoms with Gasteiger partial charge in [0.15, 0.2) is 5.03 Å². The van der Waals surface area contributed by atoms with E-state index in [-0.39, 0.29) is 11.1 Å². The minimum atomic E-state index is -3.52. The highest BCUT2D eigenvalue weighted by atomic mass is 79.9. The molecule has 2 heterocycles. The zero-order valence-electron chi connectivity index (χ0n) is 11.0. The Bertz CT molecular complexity index is 543. The van der Waals surface area contributed by atoms with Crippen molar-refractivity contribution in [2.45, 2.75) is 31.5 Å². The van der Waals surface area contributed by atoms with Gasteiger partial charge in [-0.05, 0) is 13.8 Å². The van der Waals surface area contributed by atoms with Crippen molar-refractivity contribution in [3.8, 4) is 0 Å². The normalized spacial score (nSPS) is 21.7. The maximum absolute atomic E-state index is 12.5. The summed E-state index contributed by atoms with van der Waals surface area (Å²) in [5.74, 6) is 0.714. The molecular formula is C11H18BrN3O3S. The molecule has 0 radical (unpaired) electrons. The van der Waals surface area contributed by atoms with Gasteiger partial charge in [0.2, 0.25) is 0 Å². The highest BCUT2D eigenvalue weighted by molar-refractivity contribution is 9.09. The Labute approximate surface area is 121 Å². The van der Waals surface area contributed by atoms with Crippen LogP contribution in [-0.2, 0) is 21.3 Å². The molecule has 6 nitrogen and oxygen atoms in total. The molecule has 0 spiro atoms. The molecule has 0 aromatic carbocycles. The molecule has 0 bridgehead atoms. The number of rotatable bonds is 4. The number of morpholine rings is 1. The molecule has 1 aromatic heterocycles. The van der Waals surface area contributed by atoms with Crippen LogP contribution >= 0.6 is 15.9 Å². The van der Waals surface area contributed by atoms with Crippen molar-refractivity contribution in [2.24, 2.45) is 0 Å². The first-order valence-corrected chi connectivity index (χ1v) is 8.76. The third-order valence-electron chi connectivity index (χ3n) is 3.17. The minimum absolute atomic E-state index is 0.0992. The smallest absolute Gasteiger partial charge is 0.262 e. The van der Waals surface area contributed by atoms with Crippen LogP contribution in [0, 0.1) is 6.92 Å². The Balaban J connectivity index is 2.25. The van der Waals surface area contributed by atoms with Gasteiger partial charge in [0, 0.05) is 31.2 Å². The van der Waals surface area contributed by atoms with Gasteiger partial charge in [-0.1, -0.05) is 15.9 Å². The van der Waals surface area contributed by atoms with Crippen molar-refractivity contribution in [3.05, 3.63) is 12.0 Å². The van der Waals surface area contributed by atoms with Crippen LogP contribution in [0.1, 0.15) is 12.7 Å². The molecule has 108 valence electrons. The summed E-state index contributed by atoms with van der Waals surface area (Å²) in [7, 11) is -3.52. The summed E-state index contributed by atoms with van der Waals surface area (Å²) in [5, 5.41) is 0.753. The molecule has 1 fully saturated rings. The van der Waals surface area contributed by atoms with Gasteiger partial charge in [0.1, 0.15) is 5.82 Å². The maximum Gasteiger partial charge on any atom is 0.262 e. The van der Waals surface area contributed by atoms with Crippen molar-refractivity contribution < 1.29 is 13.2 Å². The molecule has 0 aliphatic carbocycles. The van der Waals surface area contributed by atoms with E-state index in [4.69, 9.17) is 4.74 Å². The van der Waals surface area contributed by atoms with Crippen LogP contribution in [0.15, 0.2) is 11.2 Å². The molecule has 1 aliphatic heterocycles. The summed E-state index contributed by atoms with van der Waals surface area (Å²) in [6.07, 6.45) is 1.50. The zero-order chi connectivity index (χ0) is 14.0. The van der Waals surface area contributed by atoms with Gasteiger partial charge in [-0.25, -0.2) is 13.4 Å². The minimum Gasteiger partial charge on any atom is -0.375 e. The predicted octanol–water partition coefficient (Wildman–Crippen LogP) is 0.996. The van der Waals surface area contributed by atoms with Crippen LogP contribution in [0.4, 0.5) is 0 Å². The average molecular weight is 352 g/mol. The van der Waals surface area contributed by atoms with E-state index in [9.17, 15) is 8.42 Å². The second-order valence-corrected chi connectivity index (χ2v) is 6.95. The summed E-state index contributed by atoms with van der Waals surface area (Å²) in [5.41, 5.74) is 0. The van der Waals surface area contributed by atoms with Crippen LogP contribution in [0.2, 0.25) is 0 Å². The lowest BCUT2D eigenvalue weighted by Gasteiger charge is -2.30. The second kappa shape index (κ2) is 5.90. The van der Waals surface area contributed by atoms with Crippen molar-refractivity contribution in [1.29, 1.82) is 0 Å². The fraction of sp³-hybridized carbons (Fsp3) is 0.727. The third kappa shape index (κ3) is 3.01. The number of halogens is 1. The number of hydrogen-bond donors (Lipinski definition) is 0. The van der Waals surface area contributed by atoms with Gasteiger partial charge in [0.25, 0.3) is 10.0 Å². The lowest BCUT2D eigenvalue weighted by Crippen LogP contribution is -2.46. The fourth-order valence-corrected chi connectivity index (χ4v) is 3.90. The van der Waals surface area contributed by atoms with Crippen molar-refractivity contribution in [3.63, 3.8) is 0 Å². The van der Waals surface area contributed by atoms with E-state index in [2.05, 4.69) is 20.9 Å². The number of imidazole rings is 1. The summed E-state index contributed by atoms with van der Waals surface area (Å²) >= 11 is 3.32. The number of sulfonamides is 1. The lowest BCUT2D eigenvalue weighted by atomic mass is 10.3.